The van der Waals surface area contributed by atoms with Gasteiger partial charge in [0, 0.05) is 44.7 Å². The molecule has 0 radical (unpaired) electrons. The number of carbonyl (C=O) groups is 2. The van der Waals surface area contributed by atoms with Crippen molar-refractivity contribution in [2.24, 2.45) is 11.8 Å². The number of para-hydroxylation sites is 1. The summed E-state index contributed by atoms with van der Waals surface area (Å²) in [5.41, 5.74) is 1.07. The molecular formula is C23H33N3O4. The molecule has 2 bridgehead atoms. The number of fused-ring (bicyclic) bond motifs is 3. The Balaban J connectivity index is 1.41. The lowest BCUT2D eigenvalue weighted by atomic mass is 9.80. The highest BCUT2D eigenvalue weighted by molar-refractivity contribution is 5.79. The first-order chi connectivity index (χ1) is 14.6. The molecule has 3 aliphatic heterocycles. The van der Waals surface area contributed by atoms with E-state index in [1.807, 2.05) is 29.2 Å². The number of carbonyl (C=O) groups excluding carboxylic acids is 2. The van der Waals surface area contributed by atoms with E-state index >= 15 is 0 Å². The van der Waals surface area contributed by atoms with Crippen molar-refractivity contribution in [1.29, 1.82) is 0 Å². The highest BCUT2D eigenvalue weighted by Crippen LogP contribution is 2.31. The molecule has 2 fully saturated rings. The second-order valence-electron chi connectivity index (χ2n) is 8.84. The van der Waals surface area contributed by atoms with Gasteiger partial charge in [0.1, 0.15) is 5.75 Å². The van der Waals surface area contributed by atoms with Gasteiger partial charge in [0.25, 0.3) is 0 Å². The molecule has 1 aromatic carbocycles. The van der Waals surface area contributed by atoms with E-state index in [1.54, 1.807) is 4.90 Å². The second-order valence-corrected chi connectivity index (χ2v) is 8.84. The fraction of sp³-hybridized carbons (Fsp3) is 0.652. The van der Waals surface area contributed by atoms with Crippen LogP contribution < -0.4 is 10.1 Å². The van der Waals surface area contributed by atoms with Crippen LogP contribution in [-0.2, 0) is 16.1 Å². The van der Waals surface area contributed by atoms with Crippen molar-refractivity contribution in [2.45, 2.75) is 44.8 Å². The Hall–Kier alpha value is -2.12. The Labute approximate surface area is 178 Å². The maximum atomic E-state index is 12.7. The summed E-state index contributed by atoms with van der Waals surface area (Å²) < 4.78 is 6.03. The number of aliphatic hydroxyl groups is 1. The van der Waals surface area contributed by atoms with Crippen LogP contribution in [0.4, 0.5) is 0 Å². The number of benzene rings is 1. The molecular weight excluding hydrogens is 382 g/mol. The van der Waals surface area contributed by atoms with Gasteiger partial charge in [-0.25, -0.2) is 0 Å². The third-order valence-electron chi connectivity index (χ3n) is 6.74. The zero-order chi connectivity index (χ0) is 20.9. The van der Waals surface area contributed by atoms with E-state index in [-0.39, 0.29) is 23.8 Å². The van der Waals surface area contributed by atoms with Gasteiger partial charge >= 0.3 is 0 Å². The summed E-state index contributed by atoms with van der Waals surface area (Å²) in [5, 5.41) is 13.0. The lowest BCUT2D eigenvalue weighted by Crippen LogP contribution is -2.47. The number of nitrogens with one attached hydrogen (secondary N) is 1. The molecule has 0 aromatic heterocycles. The number of hydrogen-bond donors (Lipinski definition) is 2. The minimum absolute atomic E-state index is 0.130. The van der Waals surface area contributed by atoms with Gasteiger partial charge in [0.05, 0.1) is 19.3 Å². The molecule has 0 aliphatic carbocycles. The highest BCUT2D eigenvalue weighted by atomic mass is 16.5. The number of amides is 2. The van der Waals surface area contributed by atoms with Crippen LogP contribution in [0.25, 0.3) is 0 Å². The zero-order valence-electron chi connectivity index (χ0n) is 17.6. The van der Waals surface area contributed by atoms with Crippen molar-refractivity contribution >= 4 is 11.8 Å². The Morgan fingerprint density at radius 1 is 1.13 bits per heavy atom. The lowest BCUT2D eigenvalue weighted by Gasteiger charge is -2.39. The number of piperidine rings is 1. The summed E-state index contributed by atoms with van der Waals surface area (Å²) in [6.07, 6.45) is 3.52. The quantitative estimate of drug-likeness (QED) is 0.763. The lowest BCUT2D eigenvalue weighted by molar-refractivity contribution is -0.135. The van der Waals surface area contributed by atoms with E-state index in [4.69, 9.17) is 4.74 Å². The van der Waals surface area contributed by atoms with Gasteiger partial charge in [-0.3, -0.25) is 9.59 Å². The predicted molar refractivity (Wildman–Crippen MR) is 113 cm³/mol. The molecule has 4 rings (SSSR count). The Kier molecular flexibility index (Phi) is 6.89. The van der Waals surface area contributed by atoms with Gasteiger partial charge in [-0.1, -0.05) is 18.2 Å². The van der Waals surface area contributed by atoms with E-state index in [2.05, 4.69) is 5.32 Å². The molecule has 2 amide bonds. The Morgan fingerprint density at radius 3 is 2.83 bits per heavy atom. The number of hydrogen-bond acceptors (Lipinski definition) is 5. The molecule has 3 heterocycles. The second kappa shape index (κ2) is 9.79. The van der Waals surface area contributed by atoms with Crippen molar-refractivity contribution in [2.75, 3.05) is 39.3 Å². The van der Waals surface area contributed by atoms with Crippen LogP contribution in [0.3, 0.4) is 0 Å². The number of nitrogens with zero attached hydrogens (tertiary/aromatic N) is 2. The molecule has 2 N–H and O–H groups in total. The fourth-order valence-corrected chi connectivity index (χ4v) is 4.96. The Bertz CT molecular complexity index is 756. The van der Waals surface area contributed by atoms with Crippen LogP contribution in [0.2, 0.25) is 0 Å². The van der Waals surface area contributed by atoms with Gasteiger partial charge in [0.15, 0.2) is 0 Å². The standard InChI is InChI=1S/C23H33N3O4/c27-20-8-10-26(16-20)22(28)12-17-7-9-25-15-19(17)5-3-11-30-21-6-2-1-4-18(21)13-24-14-23(25)29/h1-2,4,6,17,19-20,24,27H,3,5,7-16H2/t17-,19-,20+/m0/s1. The van der Waals surface area contributed by atoms with E-state index in [9.17, 15) is 14.7 Å². The molecule has 2 saturated heterocycles. The van der Waals surface area contributed by atoms with E-state index < -0.39 is 0 Å². The van der Waals surface area contributed by atoms with Gasteiger partial charge < -0.3 is 25.0 Å². The molecule has 0 unspecified atom stereocenters. The average molecular weight is 416 g/mol. The number of β-amino-alcohol motifs (C(OH)–C–C–N with tert-alkyl or cyclic N) is 1. The number of likely N-dealkylation sites (tertiary alicyclic amines) is 1. The number of ether oxygens (including phenoxy) is 1. The molecule has 164 valence electrons. The van der Waals surface area contributed by atoms with Crippen molar-refractivity contribution in [3.05, 3.63) is 29.8 Å². The first-order valence-corrected chi connectivity index (χ1v) is 11.2. The normalized spacial score (nSPS) is 28.0. The summed E-state index contributed by atoms with van der Waals surface area (Å²) in [7, 11) is 0. The van der Waals surface area contributed by atoms with Crippen molar-refractivity contribution < 1.29 is 19.4 Å². The van der Waals surface area contributed by atoms with Crippen molar-refractivity contribution in [1.82, 2.24) is 15.1 Å². The molecule has 7 nitrogen and oxygen atoms in total. The third-order valence-corrected chi connectivity index (χ3v) is 6.74. The van der Waals surface area contributed by atoms with E-state index in [0.29, 0.717) is 64.6 Å². The van der Waals surface area contributed by atoms with Crippen LogP contribution in [0.15, 0.2) is 24.3 Å². The summed E-state index contributed by atoms with van der Waals surface area (Å²) in [6.45, 7) is 4.11. The smallest absolute Gasteiger partial charge is 0.236 e. The maximum absolute atomic E-state index is 12.7. The van der Waals surface area contributed by atoms with Crippen LogP contribution in [0.5, 0.6) is 5.75 Å². The SMILES string of the molecule is O=C(C[C@@H]1CCN2C[C@@H]1CCCOc1ccccc1CNCC2=O)N1CC[C@@H](O)C1. The van der Waals surface area contributed by atoms with Gasteiger partial charge in [-0.2, -0.15) is 0 Å². The van der Waals surface area contributed by atoms with E-state index in [0.717, 1.165) is 30.6 Å². The van der Waals surface area contributed by atoms with Crippen LogP contribution in [0, 0.1) is 11.8 Å². The monoisotopic (exact) mass is 415 g/mol. The largest absolute Gasteiger partial charge is 0.493 e. The van der Waals surface area contributed by atoms with Crippen LogP contribution >= 0.6 is 0 Å². The topological polar surface area (TPSA) is 82.1 Å². The number of aliphatic hydroxyl groups excluding tert-OH is 1. The molecule has 0 spiro atoms. The van der Waals surface area contributed by atoms with Crippen molar-refractivity contribution in [3.8, 4) is 5.75 Å². The first-order valence-electron chi connectivity index (χ1n) is 11.2. The highest BCUT2D eigenvalue weighted by Gasteiger charge is 2.34. The van der Waals surface area contributed by atoms with Gasteiger partial charge in [-0.15, -0.1) is 0 Å². The minimum atomic E-state index is -0.383. The molecule has 1 aromatic rings. The van der Waals surface area contributed by atoms with Crippen LogP contribution in [-0.4, -0.2) is 72.2 Å². The van der Waals surface area contributed by atoms with Gasteiger partial charge in [-0.05, 0) is 43.6 Å². The maximum Gasteiger partial charge on any atom is 0.236 e. The molecule has 3 aliphatic rings. The summed E-state index contributed by atoms with van der Waals surface area (Å²) in [6, 6.07) is 7.97. The Morgan fingerprint density at radius 2 is 2.00 bits per heavy atom. The summed E-state index contributed by atoms with van der Waals surface area (Å²) in [4.78, 5) is 29.2. The summed E-state index contributed by atoms with van der Waals surface area (Å²) >= 11 is 0. The fourth-order valence-electron chi connectivity index (χ4n) is 4.96. The first kappa shape index (κ1) is 21.1. The minimum Gasteiger partial charge on any atom is -0.493 e. The zero-order valence-corrected chi connectivity index (χ0v) is 17.6. The van der Waals surface area contributed by atoms with Crippen molar-refractivity contribution in [3.63, 3.8) is 0 Å². The van der Waals surface area contributed by atoms with E-state index in [1.165, 1.54) is 0 Å². The average Bonchev–Trinajstić information content (AvgIpc) is 3.19. The molecule has 30 heavy (non-hydrogen) atoms. The third kappa shape index (κ3) is 5.13. The van der Waals surface area contributed by atoms with Crippen LogP contribution in [0.1, 0.15) is 37.7 Å². The predicted octanol–water partition coefficient (Wildman–Crippen LogP) is 1.40. The molecule has 7 heteroatoms. The molecule has 0 saturated carbocycles. The van der Waals surface area contributed by atoms with Gasteiger partial charge in [0.2, 0.25) is 11.8 Å². The molecule has 3 atom stereocenters. The number of rotatable bonds is 2. The summed E-state index contributed by atoms with van der Waals surface area (Å²) in [5.74, 6) is 1.74.